The van der Waals surface area contributed by atoms with Crippen LogP contribution in [0.5, 0.6) is 0 Å². The molecule has 0 amide bonds. The molecule has 2 N–H and O–H groups in total. The molecule has 0 aliphatic rings. The third-order valence-corrected chi connectivity index (χ3v) is 5.28. The van der Waals surface area contributed by atoms with E-state index in [-0.39, 0.29) is 34.1 Å². The number of ketones is 1. The van der Waals surface area contributed by atoms with Gasteiger partial charge in [0.15, 0.2) is 0 Å². The third-order valence-electron chi connectivity index (χ3n) is 4.70. The first-order valence-electron chi connectivity index (χ1n) is 9.36. The molecule has 33 heavy (non-hydrogen) atoms. The smallest absolute Gasteiger partial charge is 0.376 e. The van der Waals surface area contributed by atoms with Crippen LogP contribution in [0.2, 0.25) is 10.0 Å². The summed E-state index contributed by atoms with van der Waals surface area (Å²) >= 11 is 11.6. The zero-order valence-electron chi connectivity index (χ0n) is 16.7. The lowest BCUT2D eigenvalue weighted by Crippen LogP contribution is -2.25. The Morgan fingerprint density at radius 2 is 1.55 bits per heavy atom. The Balaban J connectivity index is 2.15. The van der Waals surface area contributed by atoms with Gasteiger partial charge in [0.2, 0.25) is 0 Å². The van der Waals surface area contributed by atoms with Gasteiger partial charge in [-0.1, -0.05) is 47.5 Å². The molecule has 0 fully saturated rings. The molecular formula is C23H15Cl2F2NO5. The summed E-state index contributed by atoms with van der Waals surface area (Å²) < 4.78 is 29.8. The van der Waals surface area contributed by atoms with Gasteiger partial charge in [-0.15, -0.1) is 0 Å². The number of halogens is 4. The number of aliphatic hydroxyl groups excluding tert-OH is 1. The van der Waals surface area contributed by atoms with Crippen LogP contribution >= 0.6 is 23.2 Å². The Kier molecular flexibility index (Phi) is 7.30. The maximum absolute atomic E-state index is 14.4. The minimum Gasteiger partial charge on any atom is -0.507 e. The molecule has 3 aromatic rings. The predicted octanol–water partition coefficient (Wildman–Crippen LogP) is 4.63. The van der Waals surface area contributed by atoms with Gasteiger partial charge in [-0.25, -0.2) is 13.6 Å². The first-order valence-corrected chi connectivity index (χ1v) is 10.1. The summed E-state index contributed by atoms with van der Waals surface area (Å²) in [5.41, 5.74) is -0.719. The first kappa shape index (κ1) is 24.2. The van der Waals surface area contributed by atoms with E-state index in [1.807, 2.05) is 0 Å². The largest absolute Gasteiger partial charge is 0.507 e. The maximum atomic E-state index is 14.4. The summed E-state index contributed by atoms with van der Waals surface area (Å²) in [5, 5.41) is 18.8. The molecule has 0 bridgehead atoms. The molecule has 0 saturated heterocycles. The van der Waals surface area contributed by atoms with Crippen LogP contribution in [0.15, 0.2) is 59.5 Å². The Morgan fingerprint density at radius 3 is 2.15 bits per heavy atom. The number of hydrogen-bond donors (Lipinski definition) is 2. The van der Waals surface area contributed by atoms with Crippen LogP contribution in [0, 0.1) is 11.6 Å². The van der Waals surface area contributed by atoms with E-state index < -0.39 is 40.3 Å². The van der Waals surface area contributed by atoms with Crippen LogP contribution in [-0.2, 0) is 22.6 Å². The highest BCUT2D eigenvalue weighted by Gasteiger charge is 2.17. The predicted molar refractivity (Wildman–Crippen MR) is 119 cm³/mol. The number of nitrogens with zero attached hydrogens (tertiary/aromatic N) is 1. The highest BCUT2D eigenvalue weighted by molar-refractivity contribution is 6.38. The van der Waals surface area contributed by atoms with Crippen molar-refractivity contribution >= 4 is 40.7 Å². The second-order valence-corrected chi connectivity index (χ2v) is 7.81. The van der Waals surface area contributed by atoms with Gasteiger partial charge < -0.3 is 14.8 Å². The van der Waals surface area contributed by atoms with Gasteiger partial charge in [0.05, 0.1) is 22.2 Å². The van der Waals surface area contributed by atoms with Gasteiger partial charge in [0.25, 0.3) is 11.3 Å². The number of aliphatic carboxylic acids is 1. The zero-order chi connectivity index (χ0) is 24.3. The van der Waals surface area contributed by atoms with Gasteiger partial charge in [-0.3, -0.25) is 9.59 Å². The number of carbonyl (C=O) groups excluding carboxylic acids is 1. The van der Waals surface area contributed by atoms with Gasteiger partial charge in [-0.05, 0) is 29.3 Å². The molecule has 1 aromatic heterocycles. The van der Waals surface area contributed by atoms with Crippen LogP contribution in [0.25, 0.3) is 5.76 Å². The number of aliphatic hydroxyl groups is 1. The summed E-state index contributed by atoms with van der Waals surface area (Å²) in [6.07, 6.45) is 1.64. The minimum absolute atomic E-state index is 0.0618. The van der Waals surface area contributed by atoms with Crippen molar-refractivity contribution in [1.29, 1.82) is 0 Å². The number of carboxylic acid groups (broad SMARTS) is 1. The quantitative estimate of drug-likeness (QED) is 0.284. The zero-order valence-corrected chi connectivity index (χ0v) is 18.2. The molecule has 2 aromatic carbocycles. The highest BCUT2D eigenvalue weighted by Crippen LogP contribution is 2.22. The van der Waals surface area contributed by atoms with E-state index in [0.717, 1.165) is 4.57 Å². The Labute approximate surface area is 195 Å². The monoisotopic (exact) mass is 493 g/mol. The molecule has 170 valence electrons. The van der Waals surface area contributed by atoms with E-state index in [9.17, 15) is 28.3 Å². The summed E-state index contributed by atoms with van der Waals surface area (Å²) in [5.74, 6) is -5.62. The standard InChI is InChI=1S/C23H15Cl2F2NO5/c24-16-5-1-3-13(20(16)26)7-12-8-15(18(29)9-19(30)23(32)33)22(31)28(10-12)11-14-4-2-6-17(25)21(14)27/h1-6,8-10,29H,7,11H2,(H,32,33). The molecule has 0 aliphatic carbocycles. The van der Waals surface area contributed by atoms with E-state index >= 15 is 0 Å². The summed E-state index contributed by atoms with van der Waals surface area (Å²) in [4.78, 5) is 35.2. The van der Waals surface area contributed by atoms with Crippen LogP contribution in [-0.4, -0.2) is 26.5 Å². The number of aromatic nitrogens is 1. The van der Waals surface area contributed by atoms with E-state index in [0.29, 0.717) is 11.6 Å². The van der Waals surface area contributed by atoms with E-state index in [4.69, 9.17) is 28.3 Å². The average molecular weight is 494 g/mol. The van der Waals surface area contributed by atoms with E-state index in [2.05, 4.69) is 0 Å². The summed E-state index contributed by atoms with van der Waals surface area (Å²) in [6.45, 7) is -0.301. The lowest BCUT2D eigenvalue weighted by molar-refractivity contribution is -0.146. The second kappa shape index (κ2) is 9.97. The number of hydrogen-bond acceptors (Lipinski definition) is 4. The lowest BCUT2D eigenvalue weighted by atomic mass is 10.0. The average Bonchev–Trinajstić information content (AvgIpc) is 2.76. The number of pyridine rings is 1. The van der Waals surface area contributed by atoms with Crippen LogP contribution in [0.3, 0.4) is 0 Å². The Hall–Kier alpha value is -3.49. The van der Waals surface area contributed by atoms with Crippen molar-refractivity contribution in [2.24, 2.45) is 0 Å². The van der Waals surface area contributed by atoms with Crippen molar-refractivity contribution in [3.05, 3.63) is 109 Å². The fourth-order valence-corrected chi connectivity index (χ4v) is 3.51. The van der Waals surface area contributed by atoms with Gasteiger partial charge in [0, 0.05) is 24.3 Å². The van der Waals surface area contributed by atoms with Gasteiger partial charge in [0.1, 0.15) is 17.4 Å². The number of benzene rings is 2. The molecule has 0 radical (unpaired) electrons. The maximum Gasteiger partial charge on any atom is 0.376 e. The molecular weight excluding hydrogens is 479 g/mol. The minimum atomic E-state index is -1.83. The lowest BCUT2D eigenvalue weighted by Gasteiger charge is -2.13. The molecule has 0 aliphatic heterocycles. The molecule has 10 heteroatoms. The molecule has 0 saturated carbocycles. The number of carbonyl (C=O) groups is 2. The summed E-state index contributed by atoms with van der Waals surface area (Å²) in [6, 6.07) is 9.77. The molecule has 0 atom stereocenters. The first-order chi connectivity index (χ1) is 15.6. The van der Waals surface area contributed by atoms with Crippen molar-refractivity contribution < 1.29 is 28.6 Å². The number of carboxylic acids is 1. The van der Waals surface area contributed by atoms with E-state index in [1.54, 1.807) is 0 Å². The topological polar surface area (TPSA) is 96.6 Å². The summed E-state index contributed by atoms with van der Waals surface area (Å²) in [7, 11) is 0. The molecule has 0 spiro atoms. The molecule has 6 nitrogen and oxygen atoms in total. The second-order valence-electron chi connectivity index (χ2n) is 7.00. The SMILES string of the molecule is O=C(O)C(=O)C=C(O)c1cc(Cc2cccc(Cl)c2F)cn(Cc2cccc(Cl)c2F)c1=O. The van der Waals surface area contributed by atoms with Crippen molar-refractivity contribution in [3.63, 3.8) is 0 Å². The Bertz CT molecular complexity index is 1350. The Morgan fingerprint density at radius 1 is 0.970 bits per heavy atom. The molecule has 1 heterocycles. The normalized spacial score (nSPS) is 11.5. The molecule has 3 rings (SSSR count). The van der Waals surface area contributed by atoms with Crippen LogP contribution in [0.1, 0.15) is 22.3 Å². The van der Waals surface area contributed by atoms with Crippen LogP contribution < -0.4 is 5.56 Å². The van der Waals surface area contributed by atoms with Crippen molar-refractivity contribution in [2.45, 2.75) is 13.0 Å². The van der Waals surface area contributed by atoms with E-state index in [1.165, 1.54) is 48.7 Å². The van der Waals surface area contributed by atoms with Crippen molar-refractivity contribution in [2.75, 3.05) is 0 Å². The van der Waals surface area contributed by atoms with Crippen LogP contribution in [0.4, 0.5) is 8.78 Å². The van der Waals surface area contributed by atoms with Gasteiger partial charge >= 0.3 is 5.97 Å². The molecule has 0 unspecified atom stereocenters. The number of rotatable bonds is 7. The van der Waals surface area contributed by atoms with Gasteiger partial charge in [-0.2, -0.15) is 0 Å². The fourth-order valence-electron chi connectivity index (χ4n) is 3.12. The third kappa shape index (κ3) is 5.47. The van der Waals surface area contributed by atoms with Crippen molar-refractivity contribution in [3.8, 4) is 0 Å². The fraction of sp³-hybridized carbons (Fsp3) is 0.0870. The van der Waals surface area contributed by atoms with Crippen molar-refractivity contribution in [1.82, 2.24) is 4.57 Å². The highest BCUT2D eigenvalue weighted by atomic mass is 35.5.